The van der Waals surface area contributed by atoms with Crippen molar-refractivity contribution in [3.63, 3.8) is 0 Å². The van der Waals surface area contributed by atoms with Crippen molar-refractivity contribution in [2.45, 2.75) is 31.3 Å². The molecule has 1 unspecified atom stereocenters. The molecule has 1 saturated heterocycles. The average molecular weight is 387 g/mol. The van der Waals surface area contributed by atoms with Gasteiger partial charge in [-0.1, -0.05) is 0 Å². The van der Waals surface area contributed by atoms with Crippen LogP contribution in [0.4, 0.5) is 0 Å². The number of fused-ring (bicyclic) bond motifs is 1. The number of nitrogens with zero attached hydrogens (tertiary/aromatic N) is 5. The summed E-state index contributed by atoms with van der Waals surface area (Å²) >= 11 is 0. The van der Waals surface area contributed by atoms with Gasteiger partial charge in [-0.3, -0.25) is 9.67 Å². The van der Waals surface area contributed by atoms with E-state index in [4.69, 9.17) is 4.74 Å². The van der Waals surface area contributed by atoms with E-state index in [0.29, 0.717) is 30.9 Å². The number of hydrogen-bond acceptors (Lipinski definition) is 6. The van der Waals surface area contributed by atoms with Crippen molar-refractivity contribution in [3.8, 4) is 5.75 Å². The van der Waals surface area contributed by atoms with Crippen LogP contribution >= 0.6 is 0 Å². The van der Waals surface area contributed by atoms with Crippen LogP contribution in [0.2, 0.25) is 0 Å². The SMILES string of the molecule is Cc1ccc(OC2CCN(S(=O)(=O)c3cnc4c(c3)c(C)nn4C)C2)cn1. The van der Waals surface area contributed by atoms with Crippen LogP contribution < -0.4 is 4.74 Å². The first-order chi connectivity index (χ1) is 12.8. The van der Waals surface area contributed by atoms with E-state index in [-0.39, 0.29) is 11.0 Å². The highest BCUT2D eigenvalue weighted by Gasteiger charge is 2.34. The van der Waals surface area contributed by atoms with Gasteiger partial charge in [-0.15, -0.1) is 0 Å². The van der Waals surface area contributed by atoms with Crippen molar-refractivity contribution in [2.75, 3.05) is 13.1 Å². The second-order valence-corrected chi connectivity index (χ2v) is 8.72. The fourth-order valence-corrected chi connectivity index (χ4v) is 4.77. The zero-order valence-corrected chi connectivity index (χ0v) is 16.3. The third kappa shape index (κ3) is 3.28. The van der Waals surface area contributed by atoms with Crippen molar-refractivity contribution in [1.82, 2.24) is 24.1 Å². The van der Waals surface area contributed by atoms with Gasteiger partial charge in [0.05, 0.1) is 18.4 Å². The zero-order chi connectivity index (χ0) is 19.2. The van der Waals surface area contributed by atoms with Gasteiger partial charge in [-0.25, -0.2) is 13.4 Å². The molecule has 3 aromatic rings. The molecule has 0 bridgehead atoms. The number of aromatic nitrogens is 4. The Balaban J connectivity index is 1.54. The van der Waals surface area contributed by atoms with E-state index in [1.165, 1.54) is 10.5 Å². The Morgan fingerprint density at radius 2 is 2.00 bits per heavy atom. The standard InChI is InChI=1S/C18H21N5O3S/c1-12-4-5-14(9-19-12)26-15-6-7-23(11-15)27(24,25)16-8-17-13(2)21-22(3)18(17)20-10-16/h4-5,8-10,15H,6-7,11H2,1-3H3. The van der Waals surface area contributed by atoms with E-state index >= 15 is 0 Å². The van der Waals surface area contributed by atoms with Crippen molar-refractivity contribution >= 4 is 21.1 Å². The van der Waals surface area contributed by atoms with Crippen LogP contribution in [0.5, 0.6) is 5.75 Å². The lowest BCUT2D eigenvalue weighted by molar-refractivity contribution is 0.214. The molecule has 0 N–H and O–H groups in total. The van der Waals surface area contributed by atoms with Gasteiger partial charge < -0.3 is 4.74 Å². The van der Waals surface area contributed by atoms with Crippen molar-refractivity contribution in [3.05, 3.63) is 42.0 Å². The van der Waals surface area contributed by atoms with E-state index in [1.54, 1.807) is 24.0 Å². The first kappa shape index (κ1) is 17.9. The van der Waals surface area contributed by atoms with Crippen LogP contribution in [0.1, 0.15) is 17.8 Å². The summed E-state index contributed by atoms with van der Waals surface area (Å²) in [6.45, 7) is 4.47. The number of aryl methyl sites for hydroxylation is 3. The van der Waals surface area contributed by atoms with Gasteiger partial charge in [0.1, 0.15) is 16.7 Å². The molecule has 0 aliphatic carbocycles. The zero-order valence-electron chi connectivity index (χ0n) is 15.5. The predicted molar refractivity (Wildman–Crippen MR) is 100 cm³/mol. The fraction of sp³-hybridized carbons (Fsp3) is 0.389. The van der Waals surface area contributed by atoms with Gasteiger partial charge >= 0.3 is 0 Å². The Kier molecular flexibility index (Phi) is 4.35. The molecule has 1 atom stereocenters. The van der Waals surface area contributed by atoms with Crippen LogP contribution in [0.15, 0.2) is 35.5 Å². The second-order valence-electron chi connectivity index (χ2n) is 6.78. The Hall–Kier alpha value is -2.52. The molecule has 1 aliphatic rings. The maximum absolute atomic E-state index is 13.0. The largest absolute Gasteiger partial charge is 0.487 e. The van der Waals surface area contributed by atoms with E-state index < -0.39 is 10.0 Å². The van der Waals surface area contributed by atoms with Crippen LogP contribution in [-0.2, 0) is 17.1 Å². The summed E-state index contributed by atoms with van der Waals surface area (Å²) in [7, 11) is -1.84. The number of hydrogen-bond donors (Lipinski definition) is 0. The molecule has 4 heterocycles. The summed E-state index contributed by atoms with van der Waals surface area (Å²) in [5, 5.41) is 5.04. The second kappa shape index (κ2) is 6.58. The number of pyridine rings is 2. The first-order valence-electron chi connectivity index (χ1n) is 8.73. The van der Waals surface area contributed by atoms with Crippen LogP contribution in [0.25, 0.3) is 11.0 Å². The molecular weight excluding hydrogens is 366 g/mol. The first-order valence-corrected chi connectivity index (χ1v) is 10.2. The lowest BCUT2D eigenvalue weighted by Crippen LogP contribution is -2.31. The summed E-state index contributed by atoms with van der Waals surface area (Å²) in [6, 6.07) is 5.37. The molecule has 9 heteroatoms. The molecule has 142 valence electrons. The molecule has 1 fully saturated rings. The van der Waals surface area contributed by atoms with E-state index in [1.807, 2.05) is 26.0 Å². The minimum absolute atomic E-state index is 0.184. The van der Waals surface area contributed by atoms with Gasteiger partial charge in [0.15, 0.2) is 5.65 Å². The maximum Gasteiger partial charge on any atom is 0.244 e. The summed E-state index contributed by atoms with van der Waals surface area (Å²) < 4.78 is 35.0. The molecule has 27 heavy (non-hydrogen) atoms. The van der Waals surface area contributed by atoms with E-state index in [9.17, 15) is 8.42 Å². The molecule has 8 nitrogen and oxygen atoms in total. The summed E-state index contributed by atoms with van der Waals surface area (Å²) in [5.74, 6) is 0.652. The van der Waals surface area contributed by atoms with Crippen LogP contribution in [0, 0.1) is 13.8 Å². The Morgan fingerprint density at radius 3 is 2.74 bits per heavy atom. The summed E-state index contributed by atoms with van der Waals surface area (Å²) in [4.78, 5) is 8.68. The number of rotatable bonds is 4. The minimum atomic E-state index is -3.63. The molecule has 0 radical (unpaired) electrons. The smallest absolute Gasteiger partial charge is 0.244 e. The number of ether oxygens (including phenoxy) is 1. The molecule has 3 aromatic heterocycles. The Labute approximate surface area is 157 Å². The Morgan fingerprint density at radius 1 is 1.19 bits per heavy atom. The molecule has 4 rings (SSSR count). The molecule has 0 saturated carbocycles. The normalized spacial score (nSPS) is 18.3. The summed E-state index contributed by atoms with van der Waals surface area (Å²) in [5.41, 5.74) is 2.33. The highest BCUT2D eigenvalue weighted by molar-refractivity contribution is 7.89. The maximum atomic E-state index is 13.0. The Bertz CT molecular complexity index is 1090. The minimum Gasteiger partial charge on any atom is -0.487 e. The average Bonchev–Trinajstić information content (AvgIpc) is 3.22. The highest BCUT2D eigenvalue weighted by Crippen LogP contribution is 2.26. The van der Waals surface area contributed by atoms with Crippen LogP contribution in [0.3, 0.4) is 0 Å². The van der Waals surface area contributed by atoms with E-state index in [2.05, 4.69) is 15.1 Å². The quantitative estimate of drug-likeness (QED) is 0.678. The van der Waals surface area contributed by atoms with Gasteiger partial charge in [0, 0.05) is 30.9 Å². The van der Waals surface area contributed by atoms with Crippen molar-refractivity contribution < 1.29 is 13.2 Å². The monoisotopic (exact) mass is 387 g/mol. The van der Waals surface area contributed by atoms with E-state index in [0.717, 1.165) is 16.8 Å². The van der Waals surface area contributed by atoms with Gasteiger partial charge in [-0.05, 0) is 38.5 Å². The third-order valence-electron chi connectivity index (χ3n) is 4.77. The number of sulfonamides is 1. The third-order valence-corrected chi connectivity index (χ3v) is 6.60. The topological polar surface area (TPSA) is 90.2 Å². The van der Waals surface area contributed by atoms with Crippen LogP contribution in [-0.4, -0.2) is 51.7 Å². The molecule has 0 spiro atoms. The fourth-order valence-electron chi connectivity index (χ4n) is 3.31. The molecular formula is C18H21N5O3S. The lowest BCUT2D eigenvalue weighted by Gasteiger charge is -2.17. The van der Waals surface area contributed by atoms with Crippen molar-refractivity contribution in [2.24, 2.45) is 7.05 Å². The predicted octanol–water partition coefficient (Wildman–Crippen LogP) is 1.82. The molecule has 1 aliphatic heterocycles. The van der Waals surface area contributed by atoms with Gasteiger partial charge in [0.25, 0.3) is 0 Å². The van der Waals surface area contributed by atoms with Gasteiger partial charge in [-0.2, -0.15) is 9.40 Å². The van der Waals surface area contributed by atoms with Crippen molar-refractivity contribution in [1.29, 1.82) is 0 Å². The molecule has 0 amide bonds. The molecule has 0 aromatic carbocycles. The highest BCUT2D eigenvalue weighted by atomic mass is 32.2. The lowest BCUT2D eigenvalue weighted by atomic mass is 10.3. The van der Waals surface area contributed by atoms with Gasteiger partial charge in [0.2, 0.25) is 10.0 Å². The summed E-state index contributed by atoms with van der Waals surface area (Å²) in [6.07, 6.45) is 3.50.